The molecule has 0 spiro atoms. The molecule has 9 nitrogen and oxygen atoms in total. The Labute approximate surface area is 216 Å². The highest BCUT2D eigenvalue weighted by molar-refractivity contribution is 9.10. The van der Waals surface area contributed by atoms with Gasteiger partial charge in [0.25, 0.3) is 0 Å². The minimum Gasteiger partial charge on any atom is -0.481 e. The van der Waals surface area contributed by atoms with Crippen LogP contribution < -0.4 is 0 Å². The van der Waals surface area contributed by atoms with Crippen LogP contribution in [-0.2, 0) is 16.1 Å². The van der Waals surface area contributed by atoms with Gasteiger partial charge < -0.3 is 14.4 Å². The van der Waals surface area contributed by atoms with E-state index in [1.165, 1.54) is 0 Å². The number of carboxylic acid groups (broad SMARTS) is 1. The number of aliphatic carboxylic acids is 1. The van der Waals surface area contributed by atoms with Gasteiger partial charge in [0, 0.05) is 36.0 Å². The summed E-state index contributed by atoms with van der Waals surface area (Å²) in [5.41, 5.74) is 2.51. The minimum absolute atomic E-state index is 0.0451. The standard InChI is InChI=1S/C26H26BrN5O4/c1-2-21(33)32(15-26(25(34)35)11-3-4-12-26)14-16-5-10-20-19(13-16)22(27)23(36-20)17-6-8-18(9-7-17)24-28-30-31-29-24/h5-10,13H,2-4,11-12,14-15H2,1H3,(H,34,35)(H,28,29,30,31). The van der Waals surface area contributed by atoms with Crippen molar-refractivity contribution < 1.29 is 19.1 Å². The zero-order chi connectivity index (χ0) is 25.3. The number of nitrogens with zero attached hydrogens (tertiary/aromatic N) is 4. The van der Waals surface area contributed by atoms with Crippen LogP contribution in [0.4, 0.5) is 0 Å². The summed E-state index contributed by atoms with van der Waals surface area (Å²) in [6.07, 6.45) is 3.31. The zero-order valence-electron chi connectivity index (χ0n) is 19.8. The van der Waals surface area contributed by atoms with Gasteiger partial charge in [0.2, 0.25) is 11.7 Å². The van der Waals surface area contributed by atoms with E-state index in [9.17, 15) is 14.7 Å². The lowest BCUT2D eigenvalue weighted by molar-refractivity contribution is -0.151. The Morgan fingerprint density at radius 1 is 1.14 bits per heavy atom. The molecule has 2 heterocycles. The number of rotatable bonds is 8. The van der Waals surface area contributed by atoms with Crippen molar-refractivity contribution in [1.82, 2.24) is 25.5 Å². The van der Waals surface area contributed by atoms with Crippen molar-refractivity contribution >= 4 is 38.8 Å². The van der Waals surface area contributed by atoms with Gasteiger partial charge in [-0.15, -0.1) is 10.2 Å². The summed E-state index contributed by atoms with van der Waals surface area (Å²) in [5, 5.41) is 24.9. The summed E-state index contributed by atoms with van der Waals surface area (Å²) in [6, 6.07) is 13.5. The fraction of sp³-hybridized carbons (Fsp3) is 0.346. The van der Waals surface area contributed by atoms with Crippen molar-refractivity contribution in [2.45, 2.75) is 45.6 Å². The van der Waals surface area contributed by atoms with Gasteiger partial charge in [0.1, 0.15) is 11.3 Å². The summed E-state index contributed by atoms with van der Waals surface area (Å²) in [5.74, 6) is 0.357. The van der Waals surface area contributed by atoms with Crippen LogP contribution in [-0.4, -0.2) is 49.1 Å². The molecule has 10 heteroatoms. The van der Waals surface area contributed by atoms with Crippen molar-refractivity contribution in [2.24, 2.45) is 5.41 Å². The first-order valence-corrected chi connectivity index (χ1v) is 12.8. The Bertz CT molecular complexity index is 1390. The molecular weight excluding hydrogens is 526 g/mol. The van der Waals surface area contributed by atoms with Gasteiger partial charge in [0.15, 0.2) is 0 Å². The quantitative estimate of drug-likeness (QED) is 0.299. The van der Waals surface area contributed by atoms with E-state index >= 15 is 0 Å². The second-order valence-corrected chi connectivity index (χ2v) is 10.1. The molecule has 186 valence electrons. The fourth-order valence-electron chi connectivity index (χ4n) is 4.99. The van der Waals surface area contributed by atoms with Crippen molar-refractivity contribution in [3.05, 3.63) is 52.5 Å². The lowest BCUT2D eigenvalue weighted by atomic mass is 9.85. The predicted octanol–water partition coefficient (Wildman–Crippen LogP) is 5.43. The monoisotopic (exact) mass is 551 g/mol. The van der Waals surface area contributed by atoms with Gasteiger partial charge >= 0.3 is 5.97 Å². The first-order chi connectivity index (χ1) is 17.4. The zero-order valence-corrected chi connectivity index (χ0v) is 21.4. The summed E-state index contributed by atoms with van der Waals surface area (Å²) in [6.45, 7) is 2.39. The molecule has 1 amide bonds. The number of amides is 1. The summed E-state index contributed by atoms with van der Waals surface area (Å²) in [4.78, 5) is 26.6. The number of tetrazole rings is 1. The van der Waals surface area contributed by atoms with Crippen LogP contribution in [0.5, 0.6) is 0 Å². The number of carbonyl (C=O) groups is 2. The Kier molecular flexibility index (Phi) is 6.61. The highest BCUT2D eigenvalue weighted by atomic mass is 79.9. The molecule has 2 aromatic heterocycles. The second-order valence-electron chi connectivity index (χ2n) is 9.28. The van der Waals surface area contributed by atoms with Gasteiger partial charge in [-0.3, -0.25) is 9.59 Å². The highest BCUT2D eigenvalue weighted by Gasteiger charge is 2.43. The number of furan rings is 1. The van der Waals surface area contributed by atoms with Crippen LogP contribution in [0.1, 0.15) is 44.6 Å². The molecule has 0 aliphatic heterocycles. The van der Waals surface area contributed by atoms with Crippen molar-refractivity contribution in [2.75, 3.05) is 6.54 Å². The number of aromatic amines is 1. The van der Waals surface area contributed by atoms with E-state index in [0.717, 1.165) is 39.4 Å². The molecule has 0 bridgehead atoms. The molecule has 5 rings (SSSR count). The number of carboxylic acids is 1. The smallest absolute Gasteiger partial charge is 0.311 e. The molecule has 1 saturated carbocycles. The number of carbonyl (C=O) groups excluding carboxylic acids is 1. The van der Waals surface area contributed by atoms with Crippen LogP contribution in [0.2, 0.25) is 0 Å². The molecule has 1 aliphatic rings. The number of aromatic nitrogens is 4. The van der Waals surface area contributed by atoms with E-state index in [1.807, 2.05) is 49.4 Å². The van der Waals surface area contributed by atoms with Gasteiger partial charge in [-0.1, -0.05) is 50.1 Å². The number of halogens is 1. The second kappa shape index (κ2) is 9.85. The Balaban J connectivity index is 1.42. The fourth-order valence-corrected chi connectivity index (χ4v) is 5.61. The van der Waals surface area contributed by atoms with E-state index in [2.05, 4.69) is 36.6 Å². The molecule has 0 radical (unpaired) electrons. The Hall–Kier alpha value is -3.53. The normalized spacial score (nSPS) is 14.8. The van der Waals surface area contributed by atoms with Gasteiger partial charge in [-0.25, -0.2) is 0 Å². The van der Waals surface area contributed by atoms with E-state index in [4.69, 9.17) is 4.42 Å². The highest BCUT2D eigenvalue weighted by Crippen LogP contribution is 2.41. The number of H-pyrrole nitrogens is 1. The van der Waals surface area contributed by atoms with Crippen LogP contribution in [0.15, 0.2) is 51.4 Å². The van der Waals surface area contributed by atoms with Gasteiger partial charge in [0.05, 0.1) is 9.89 Å². The van der Waals surface area contributed by atoms with Crippen molar-refractivity contribution in [3.63, 3.8) is 0 Å². The molecule has 4 aromatic rings. The molecule has 2 aromatic carbocycles. The van der Waals surface area contributed by atoms with Gasteiger partial charge in [-0.2, -0.15) is 5.21 Å². The van der Waals surface area contributed by atoms with Crippen LogP contribution in [0, 0.1) is 5.41 Å². The number of hydrogen-bond acceptors (Lipinski definition) is 6. The molecule has 36 heavy (non-hydrogen) atoms. The van der Waals surface area contributed by atoms with Crippen LogP contribution >= 0.6 is 15.9 Å². The first kappa shape index (κ1) is 24.2. The SMILES string of the molecule is CCC(=O)N(Cc1ccc2oc(-c3ccc(-c4nn[nH]n4)cc3)c(Br)c2c1)CC1(C(=O)O)CCCC1. The largest absolute Gasteiger partial charge is 0.481 e. The third-order valence-corrected chi connectivity index (χ3v) is 7.77. The molecule has 1 fully saturated rings. The number of nitrogens with one attached hydrogen (secondary N) is 1. The molecule has 0 atom stereocenters. The molecule has 0 unspecified atom stereocenters. The summed E-state index contributed by atoms with van der Waals surface area (Å²) >= 11 is 3.70. The van der Waals surface area contributed by atoms with E-state index < -0.39 is 11.4 Å². The third kappa shape index (κ3) is 4.53. The lowest BCUT2D eigenvalue weighted by Crippen LogP contribution is -2.43. The molecule has 1 aliphatic carbocycles. The van der Waals surface area contributed by atoms with E-state index in [-0.39, 0.29) is 12.5 Å². The van der Waals surface area contributed by atoms with E-state index in [1.54, 1.807) is 4.90 Å². The Morgan fingerprint density at radius 3 is 2.50 bits per heavy atom. The summed E-state index contributed by atoms with van der Waals surface area (Å²) < 4.78 is 6.96. The maximum atomic E-state index is 12.8. The first-order valence-electron chi connectivity index (χ1n) is 12.0. The van der Waals surface area contributed by atoms with Crippen LogP contribution in [0.3, 0.4) is 0 Å². The number of benzene rings is 2. The predicted molar refractivity (Wildman–Crippen MR) is 137 cm³/mol. The minimum atomic E-state index is -0.855. The average Bonchev–Trinajstić information content (AvgIpc) is 3.65. The summed E-state index contributed by atoms with van der Waals surface area (Å²) in [7, 11) is 0. The topological polar surface area (TPSA) is 125 Å². The maximum Gasteiger partial charge on any atom is 0.311 e. The van der Waals surface area contributed by atoms with Gasteiger partial charge in [-0.05, 0) is 51.7 Å². The number of fused-ring (bicyclic) bond motifs is 1. The van der Waals surface area contributed by atoms with Crippen molar-refractivity contribution in [3.8, 4) is 22.7 Å². The molecule has 0 saturated heterocycles. The maximum absolute atomic E-state index is 12.8. The van der Waals surface area contributed by atoms with E-state index in [0.29, 0.717) is 43.0 Å². The third-order valence-electron chi connectivity index (χ3n) is 6.98. The molecular formula is C26H26BrN5O4. The lowest BCUT2D eigenvalue weighted by Gasteiger charge is -2.32. The van der Waals surface area contributed by atoms with Crippen molar-refractivity contribution in [1.29, 1.82) is 0 Å². The van der Waals surface area contributed by atoms with Crippen LogP contribution in [0.25, 0.3) is 33.7 Å². The Morgan fingerprint density at radius 2 is 1.86 bits per heavy atom. The average molecular weight is 552 g/mol. The number of hydrogen-bond donors (Lipinski definition) is 2. The molecule has 2 N–H and O–H groups in total.